The molecule has 0 rings (SSSR count). The fourth-order valence-electron chi connectivity index (χ4n) is 0. The lowest BCUT2D eigenvalue weighted by Crippen LogP contribution is -2.19. The quantitative estimate of drug-likeness (QED) is 0.498. The van der Waals surface area contributed by atoms with Gasteiger partial charge in [-0.05, 0) is 13.8 Å². The Morgan fingerprint density at radius 1 is 1.67 bits per heavy atom. The molecule has 6 heavy (non-hydrogen) atoms. The molecule has 0 fully saturated rings. The highest BCUT2D eigenvalue weighted by Gasteiger charge is 2.07. The van der Waals surface area contributed by atoms with Crippen molar-refractivity contribution in [3.63, 3.8) is 0 Å². The highest BCUT2D eigenvalue weighted by molar-refractivity contribution is 14.1. The summed E-state index contributed by atoms with van der Waals surface area (Å²) in [6.45, 7) is 3.58. The Morgan fingerprint density at radius 3 is 1.83 bits per heavy atom. The second kappa shape index (κ2) is 2.12. The summed E-state index contributed by atoms with van der Waals surface area (Å²) in [4.78, 5) is 0. The van der Waals surface area contributed by atoms with E-state index in [9.17, 15) is 0 Å². The van der Waals surface area contributed by atoms with Gasteiger partial charge in [0.15, 0.2) is 0 Å². The molecule has 0 heterocycles. The molecule has 0 spiro atoms. The van der Waals surface area contributed by atoms with Crippen molar-refractivity contribution in [3.8, 4) is 0 Å². The van der Waals surface area contributed by atoms with E-state index in [1.165, 1.54) is 0 Å². The molecule has 1 N–H and O–H groups in total. The van der Waals surface area contributed by atoms with Gasteiger partial charge in [0.2, 0.25) is 0 Å². The van der Waals surface area contributed by atoms with Crippen molar-refractivity contribution in [3.05, 3.63) is 0 Å². The largest absolute Gasteiger partial charge is 0.390 e. The fraction of sp³-hybridized carbons (Fsp3) is 1.00. The van der Waals surface area contributed by atoms with Crippen LogP contribution in [0.15, 0.2) is 0 Å². The van der Waals surface area contributed by atoms with Crippen molar-refractivity contribution in [1.82, 2.24) is 0 Å². The predicted molar refractivity (Wildman–Crippen MR) is 35.2 cm³/mol. The van der Waals surface area contributed by atoms with Crippen LogP contribution in [0.2, 0.25) is 0 Å². The minimum atomic E-state index is -0.472. The zero-order valence-electron chi connectivity index (χ0n) is 4.03. The number of halogens is 1. The van der Waals surface area contributed by atoms with E-state index in [0.717, 1.165) is 4.43 Å². The molecule has 0 atom stereocenters. The summed E-state index contributed by atoms with van der Waals surface area (Å²) in [5.41, 5.74) is -0.472. The zero-order chi connectivity index (χ0) is 5.21. The smallest absolute Gasteiger partial charge is 0.0680 e. The molecular formula is C4H9IO. The van der Waals surface area contributed by atoms with E-state index >= 15 is 0 Å². The zero-order valence-corrected chi connectivity index (χ0v) is 6.19. The topological polar surface area (TPSA) is 20.2 Å². The molecule has 38 valence electrons. The van der Waals surface area contributed by atoms with Crippen LogP contribution in [-0.2, 0) is 0 Å². The van der Waals surface area contributed by atoms with Gasteiger partial charge in [-0.15, -0.1) is 0 Å². The molecule has 0 bridgehead atoms. The molecule has 0 aliphatic carbocycles. The second-order valence-electron chi connectivity index (χ2n) is 1.95. The number of hydrogen-bond donors (Lipinski definition) is 1. The van der Waals surface area contributed by atoms with E-state index in [4.69, 9.17) is 5.11 Å². The van der Waals surface area contributed by atoms with Crippen LogP contribution >= 0.6 is 22.6 Å². The van der Waals surface area contributed by atoms with E-state index in [1.807, 2.05) is 0 Å². The van der Waals surface area contributed by atoms with Gasteiger partial charge in [-0.1, -0.05) is 22.6 Å². The number of aliphatic hydroxyl groups is 1. The van der Waals surface area contributed by atoms with E-state index < -0.39 is 5.60 Å². The first kappa shape index (κ1) is 6.69. The summed E-state index contributed by atoms with van der Waals surface area (Å²) in [7, 11) is 0. The molecule has 0 saturated heterocycles. The summed E-state index contributed by atoms with van der Waals surface area (Å²) in [5.74, 6) is 0. The van der Waals surface area contributed by atoms with E-state index in [2.05, 4.69) is 22.6 Å². The first-order valence-electron chi connectivity index (χ1n) is 1.84. The van der Waals surface area contributed by atoms with Gasteiger partial charge < -0.3 is 5.11 Å². The third-order valence-electron chi connectivity index (χ3n) is 0.327. The van der Waals surface area contributed by atoms with Crippen LogP contribution in [0.25, 0.3) is 0 Å². The molecule has 2 heteroatoms. The van der Waals surface area contributed by atoms with Crippen molar-refractivity contribution in [2.24, 2.45) is 0 Å². The first-order chi connectivity index (χ1) is 2.56. The highest BCUT2D eigenvalue weighted by atomic mass is 127. The lowest BCUT2D eigenvalue weighted by atomic mass is 10.2. The van der Waals surface area contributed by atoms with Crippen LogP contribution < -0.4 is 0 Å². The van der Waals surface area contributed by atoms with Crippen LogP contribution in [-0.4, -0.2) is 15.1 Å². The van der Waals surface area contributed by atoms with Crippen molar-refractivity contribution in [1.29, 1.82) is 0 Å². The number of rotatable bonds is 1. The maximum Gasteiger partial charge on any atom is 0.0680 e. The van der Waals surface area contributed by atoms with E-state index in [1.54, 1.807) is 13.8 Å². The van der Waals surface area contributed by atoms with Gasteiger partial charge in [0, 0.05) is 4.43 Å². The summed E-state index contributed by atoms with van der Waals surface area (Å²) in [6.07, 6.45) is 0. The van der Waals surface area contributed by atoms with Crippen LogP contribution in [0.4, 0.5) is 0 Å². The fourth-order valence-corrected chi connectivity index (χ4v) is 0. The third kappa shape index (κ3) is 4.69. The Balaban J connectivity index is 3.17. The Kier molecular flexibility index (Phi) is 2.36. The van der Waals surface area contributed by atoms with Crippen molar-refractivity contribution < 1.29 is 5.11 Å². The lowest BCUT2D eigenvalue weighted by molar-refractivity contribution is 0.110. The molecule has 0 unspecified atom stereocenters. The predicted octanol–water partition coefficient (Wildman–Crippen LogP) is 1.19. The van der Waals surface area contributed by atoms with Gasteiger partial charge in [0.1, 0.15) is 0 Å². The monoisotopic (exact) mass is 200 g/mol. The van der Waals surface area contributed by atoms with Crippen LogP contribution in [0, 0.1) is 0 Å². The summed E-state index contributed by atoms with van der Waals surface area (Å²) >= 11 is 2.14. The number of alkyl halides is 1. The second-order valence-corrected chi connectivity index (χ2v) is 2.71. The molecule has 0 aromatic carbocycles. The van der Waals surface area contributed by atoms with Gasteiger partial charge in [0.05, 0.1) is 5.60 Å². The molecule has 0 amide bonds. The third-order valence-corrected chi connectivity index (χ3v) is 2.19. The van der Waals surface area contributed by atoms with Gasteiger partial charge in [-0.2, -0.15) is 0 Å². The SMILES string of the molecule is CC(C)(O)CI. The van der Waals surface area contributed by atoms with Crippen molar-refractivity contribution in [2.75, 3.05) is 4.43 Å². The summed E-state index contributed by atoms with van der Waals surface area (Å²) < 4.78 is 0.796. The Morgan fingerprint density at radius 2 is 1.83 bits per heavy atom. The average Bonchev–Trinajstić information content (AvgIpc) is 1.35. The van der Waals surface area contributed by atoms with Gasteiger partial charge in [-0.25, -0.2) is 0 Å². The molecule has 0 aliphatic rings. The normalized spacial score (nSPS) is 12.0. The van der Waals surface area contributed by atoms with Gasteiger partial charge >= 0.3 is 0 Å². The van der Waals surface area contributed by atoms with Gasteiger partial charge in [0.25, 0.3) is 0 Å². The van der Waals surface area contributed by atoms with Gasteiger partial charge in [-0.3, -0.25) is 0 Å². The lowest BCUT2D eigenvalue weighted by Gasteiger charge is -2.10. The molecule has 0 radical (unpaired) electrons. The average molecular weight is 200 g/mol. The summed E-state index contributed by atoms with van der Waals surface area (Å²) in [6, 6.07) is 0. The van der Waals surface area contributed by atoms with Crippen LogP contribution in [0.1, 0.15) is 13.8 Å². The molecular weight excluding hydrogens is 191 g/mol. The minimum Gasteiger partial charge on any atom is -0.390 e. The Labute approximate surface area is 51.9 Å². The van der Waals surface area contributed by atoms with E-state index in [-0.39, 0.29) is 0 Å². The molecule has 0 saturated carbocycles. The maximum absolute atomic E-state index is 8.82. The molecule has 1 nitrogen and oxygen atoms in total. The first-order valence-corrected chi connectivity index (χ1v) is 3.37. The Hall–Kier alpha value is 0.690. The minimum absolute atomic E-state index is 0.472. The van der Waals surface area contributed by atoms with Crippen molar-refractivity contribution >= 4 is 22.6 Å². The Bertz CT molecular complexity index is 37.3. The molecule has 0 aromatic heterocycles. The molecule has 0 aromatic rings. The standard InChI is InChI=1S/C4H9IO/c1-4(2,6)3-5/h6H,3H2,1-2H3. The summed E-state index contributed by atoms with van der Waals surface area (Å²) in [5, 5.41) is 8.82. The number of hydrogen-bond acceptors (Lipinski definition) is 1. The van der Waals surface area contributed by atoms with Crippen molar-refractivity contribution in [2.45, 2.75) is 19.4 Å². The van der Waals surface area contributed by atoms with Crippen LogP contribution in [0.3, 0.4) is 0 Å². The highest BCUT2D eigenvalue weighted by Crippen LogP contribution is 2.03. The molecule has 0 aliphatic heterocycles. The van der Waals surface area contributed by atoms with E-state index in [0.29, 0.717) is 0 Å². The van der Waals surface area contributed by atoms with Crippen LogP contribution in [0.5, 0.6) is 0 Å². The maximum atomic E-state index is 8.82.